The van der Waals surface area contributed by atoms with E-state index in [0.717, 1.165) is 23.5 Å². The molecule has 7 nitrogen and oxygen atoms in total. The van der Waals surface area contributed by atoms with E-state index in [9.17, 15) is 18.4 Å². The summed E-state index contributed by atoms with van der Waals surface area (Å²) in [5.74, 6) is -3.22. The molecule has 1 aromatic heterocycles. The smallest absolute Gasteiger partial charge is 0.244 e. The van der Waals surface area contributed by atoms with Crippen molar-refractivity contribution in [3.8, 4) is 0 Å². The van der Waals surface area contributed by atoms with Crippen LogP contribution in [0.3, 0.4) is 0 Å². The molecule has 0 bridgehead atoms. The number of benzene rings is 1. The van der Waals surface area contributed by atoms with Gasteiger partial charge in [-0.1, -0.05) is 5.21 Å². The average Bonchev–Trinajstić information content (AvgIpc) is 2.96. The number of hydrogen-bond acceptors (Lipinski definition) is 4. The van der Waals surface area contributed by atoms with Gasteiger partial charge in [0.05, 0.1) is 22.8 Å². The van der Waals surface area contributed by atoms with Gasteiger partial charge in [0.25, 0.3) is 0 Å². The molecule has 2 amide bonds. The highest BCUT2D eigenvalue weighted by Crippen LogP contribution is 2.34. The minimum atomic E-state index is -1.07. The standard InChI is InChI=1S/C16H15F2N5O2/c1-22-13-4-8(2-3-11(13)20-21-22)16(25)23-7-15(24)19-12-5-9(17)10(18)6-14(12)23/h5-6,8H,2-4,7H2,1H3,(H,19,24). The molecule has 2 aliphatic rings. The van der Waals surface area contributed by atoms with Crippen LogP contribution in [0.15, 0.2) is 12.1 Å². The molecule has 1 aromatic carbocycles. The van der Waals surface area contributed by atoms with Gasteiger partial charge in [0.2, 0.25) is 11.8 Å². The molecule has 1 unspecified atom stereocenters. The van der Waals surface area contributed by atoms with Crippen LogP contribution in [0.4, 0.5) is 20.2 Å². The molecule has 2 heterocycles. The molecule has 0 saturated carbocycles. The number of carbonyl (C=O) groups is 2. The predicted molar refractivity (Wildman–Crippen MR) is 83.9 cm³/mol. The Morgan fingerprint density at radius 3 is 2.88 bits per heavy atom. The predicted octanol–water partition coefficient (Wildman–Crippen LogP) is 1.18. The lowest BCUT2D eigenvalue weighted by Crippen LogP contribution is -2.46. The molecule has 4 rings (SSSR count). The number of amides is 2. The molecule has 130 valence electrons. The quantitative estimate of drug-likeness (QED) is 0.840. The number of anilines is 2. The number of fused-ring (bicyclic) bond motifs is 2. The summed E-state index contributed by atoms with van der Waals surface area (Å²) in [5.41, 5.74) is 2.03. The monoisotopic (exact) mass is 347 g/mol. The van der Waals surface area contributed by atoms with Crippen LogP contribution in [0.2, 0.25) is 0 Å². The minimum absolute atomic E-state index is 0.0993. The van der Waals surface area contributed by atoms with Gasteiger partial charge in [0, 0.05) is 31.5 Å². The van der Waals surface area contributed by atoms with Crippen LogP contribution in [0.1, 0.15) is 17.8 Å². The first-order chi connectivity index (χ1) is 11.9. The molecular weight excluding hydrogens is 332 g/mol. The Morgan fingerprint density at radius 2 is 2.08 bits per heavy atom. The van der Waals surface area contributed by atoms with Crippen LogP contribution in [-0.2, 0) is 29.5 Å². The topological polar surface area (TPSA) is 80.1 Å². The lowest BCUT2D eigenvalue weighted by Gasteiger charge is -2.33. The highest BCUT2D eigenvalue weighted by molar-refractivity contribution is 6.10. The zero-order valence-corrected chi connectivity index (χ0v) is 13.4. The average molecular weight is 347 g/mol. The lowest BCUT2D eigenvalue weighted by molar-refractivity contribution is -0.125. The number of hydrogen-bond donors (Lipinski definition) is 1. The number of aryl methyl sites for hydroxylation is 2. The van der Waals surface area contributed by atoms with Crippen molar-refractivity contribution in [1.29, 1.82) is 0 Å². The van der Waals surface area contributed by atoms with Gasteiger partial charge in [-0.25, -0.2) is 8.78 Å². The highest BCUT2D eigenvalue weighted by Gasteiger charge is 2.35. The molecule has 25 heavy (non-hydrogen) atoms. The molecule has 0 radical (unpaired) electrons. The lowest BCUT2D eigenvalue weighted by atomic mass is 9.88. The Balaban J connectivity index is 1.66. The van der Waals surface area contributed by atoms with Gasteiger partial charge in [-0.15, -0.1) is 5.10 Å². The molecule has 2 aromatic rings. The Hall–Kier alpha value is -2.84. The van der Waals surface area contributed by atoms with Crippen LogP contribution in [0, 0.1) is 17.6 Å². The first-order valence-corrected chi connectivity index (χ1v) is 7.91. The van der Waals surface area contributed by atoms with Gasteiger partial charge in [-0.3, -0.25) is 14.3 Å². The van der Waals surface area contributed by atoms with Crippen LogP contribution in [0.25, 0.3) is 0 Å². The summed E-state index contributed by atoms with van der Waals surface area (Å²) in [6.45, 7) is -0.218. The van der Waals surface area contributed by atoms with E-state index in [4.69, 9.17) is 0 Å². The van der Waals surface area contributed by atoms with Crippen LogP contribution < -0.4 is 10.2 Å². The summed E-state index contributed by atoms with van der Waals surface area (Å²) in [4.78, 5) is 26.1. The molecule has 0 saturated heterocycles. The third kappa shape index (κ3) is 2.55. The molecule has 1 aliphatic heterocycles. The van der Waals surface area contributed by atoms with Crippen molar-refractivity contribution < 1.29 is 18.4 Å². The molecule has 0 spiro atoms. The largest absolute Gasteiger partial charge is 0.323 e. The first-order valence-electron chi connectivity index (χ1n) is 7.91. The van der Waals surface area contributed by atoms with Crippen molar-refractivity contribution in [3.05, 3.63) is 35.2 Å². The SMILES string of the molecule is Cn1nnc2c1CC(C(=O)N1CC(=O)Nc3cc(F)c(F)cc31)CC2. The van der Waals surface area contributed by atoms with Crippen molar-refractivity contribution in [2.45, 2.75) is 19.3 Å². The Kier molecular flexibility index (Phi) is 3.52. The van der Waals surface area contributed by atoms with Gasteiger partial charge in [-0.2, -0.15) is 0 Å². The zero-order chi connectivity index (χ0) is 17.7. The summed E-state index contributed by atoms with van der Waals surface area (Å²) in [6, 6.07) is 1.84. The summed E-state index contributed by atoms with van der Waals surface area (Å²) in [7, 11) is 1.76. The van der Waals surface area contributed by atoms with Crippen molar-refractivity contribution in [3.63, 3.8) is 0 Å². The second kappa shape index (κ2) is 5.61. The maximum Gasteiger partial charge on any atom is 0.244 e. The number of aromatic nitrogens is 3. The summed E-state index contributed by atoms with van der Waals surface area (Å²) >= 11 is 0. The first kappa shape index (κ1) is 15.7. The second-order valence-electron chi connectivity index (χ2n) is 6.30. The number of halogens is 2. The van der Waals surface area contributed by atoms with Crippen molar-refractivity contribution in [2.75, 3.05) is 16.8 Å². The van der Waals surface area contributed by atoms with Crippen molar-refractivity contribution in [2.24, 2.45) is 13.0 Å². The van der Waals surface area contributed by atoms with Crippen molar-refractivity contribution >= 4 is 23.2 Å². The minimum Gasteiger partial charge on any atom is -0.323 e. The summed E-state index contributed by atoms with van der Waals surface area (Å²) in [5, 5.41) is 10.5. The molecular formula is C16H15F2N5O2. The van der Waals surface area contributed by atoms with E-state index in [1.165, 1.54) is 4.90 Å². The Labute approximate surface area is 141 Å². The molecule has 9 heteroatoms. The molecule has 1 aliphatic carbocycles. The van der Waals surface area contributed by atoms with Crippen molar-refractivity contribution in [1.82, 2.24) is 15.0 Å². The normalized spacial score (nSPS) is 19.2. The fourth-order valence-corrected chi connectivity index (χ4v) is 3.42. The summed E-state index contributed by atoms with van der Waals surface area (Å²) in [6.07, 6.45) is 1.64. The zero-order valence-electron chi connectivity index (χ0n) is 13.4. The Bertz CT molecular complexity index is 895. The summed E-state index contributed by atoms with van der Waals surface area (Å²) < 4.78 is 28.7. The fraction of sp³-hybridized carbons (Fsp3) is 0.375. The van der Waals surface area contributed by atoms with E-state index in [-0.39, 0.29) is 29.7 Å². The molecule has 1 N–H and O–H groups in total. The highest BCUT2D eigenvalue weighted by atomic mass is 19.2. The van der Waals surface area contributed by atoms with E-state index in [1.807, 2.05) is 0 Å². The van der Waals surface area contributed by atoms with E-state index in [1.54, 1.807) is 11.7 Å². The maximum atomic E-state index is 13.6. The van der Waals surface area contributed by atoms with Gasteiger partial charge < -0.3 is 10.2 Å². The van der Waals surface area contributed by atoms with Crippen LogP contribution in [-0.4, -0.2) is 33.4 Å². The number of carbonyl (C=O) groups excluding carboxylic acids is 2. The number of nitrogens with one attached hydrogen (secondary N) is 1. The van der Waals surface area contributed by atoms with Gasteiger partial charge in [0.1, 0.15) is 6.54 Å². The number of rotatable bonds is 1. The Morgan fingerprint density at radius 1 is 1.32 bits per heavy atom. The van der Waals surface area contributed by atoms with Crippen LogP contribution >= 0.6 is 0 Å². The van der Waals surface area contributed by atoms with E-state index < -0.39 is 17.5 Å². The van der Waals surface area contributed by atoms with E-state index in [0.29, 0.717) is 19.3 Å². The molecule has 1 atom stereocenters. The second-order valence-corrected chi connectivity index (χ2v) is 6.30. The molecule has 0 fully saturated rings. The number of nitrogens with zero attached hydrogens (tertiary/aromatic N) is 4. The third-order valence-corrected chi connectivity index (χ3v) is 4.71. The maximum absolute atomic E-state index is 13.6. The van der Waals surface area contributed by atoms with Gasteiger partial charge >= 0.3 is 0 Å². The fourth-order valence-electron chi connectivity index (χ4n) is 3.42. The van der Waals surface area contributed by atoms with E-state index in [2.05, 4.69) is 15.6 Å². The van der Waals surface area contributed by atoms with Gasteiger partial charge in [-0.05, 0) is 12.8 Å². The van der Waals surface area contributed by atoms with Gasteiger partial charge in [0.15, 0.2) is 11.6 Å². The third-order valence-electron chi connectivity index (χ3n) is 4.71. The van der Waals surface area contributed by atoms with Crippen LogP contribution in [0.5, 0.6) is 0 Å². The van der Waals surface area contributed by atoms with E-state index >= 15 is 0 Å².